The molecule has 0 amide bonds. The summed E-state index contributed by atoms with van der Waals surface area (Å²) in [7, 11) is 0. The second kappa shape index (κ2) is 4.48. The first-order valence-electron chi connectivity index (χ1n) is 6.19. The molecule has 0 aliphatic heterocycles. The van der Waals surface area contributed by atoms with E-state index in [1.165, 1.54) is 16.3 Å². The van der Waals surface area contributed by atoms with Gasteiger partial charge in [-0.15, -0.1) is 0 Å². The molecular formula is C16H14BrIO. The van der Waals surface area contributed by atoms with E-state index in [2.05, 4.69) is 89.6 Å². The minimum absolute atomic E-state index is 0.0794. The lowest BCUT2D eigenvalue weighted by molar-refractivity contribution is 0.572. The zero-order valence-corrected chi connectivity index (χ0v) is 14.8. The average Bonchev–Trinajstić information content (AvgIpc) is 2.71. The number of benzene rings is 2. The summed E-state index contributed by atoms with van der Waals surface area (Å²) in [5.41, 5.74) is 3.33. The largest absolute Gasteiger partial charge is 0.455 e. The van der Waals surface area contributed by atoms with E-state index in [9.17, 15) is 0 Å². The molecule has 0 fully saturated rings. The predicted octanol–water partition coefficient (Wildman–Crippen LogP) is 6.25. The molecule has 1 nitrogen and oxygen atoms in total. The Hall–Kier alpha value is -0.550. The van der Waals surface area contributed by atoms with Crippen LogP contribution in [0.15, 0.2) is 39.2 Å². The first kappa shape index (κ1) is 13.4. The van der Waals surface area contributed by atoms with E-state index >= 15 is 0 Å². The van der Waals surface area contributed by atoms with Crippen LogP contribution in [0, 0.1) is 3.57 Å². The van der Waals surface area contributed by atoms with Gasteiger partial charge in [0.1, 0.15) is 11.2 Å². The molecule has 98 valence electrons. The monoisotopic (exact) mass is 428 g/mol. The summed E-state index contributed by atoms with van der Waals surface area (Å²) >= 11 is 5.89. The van der Waals surface area contributed by atoms with Crippen molar-refractivity contribution in [2.45, 2.75) is 26.2 Å². The summed E-state index contributed by atoms with van der Waals surface area (Å²) in [6.45, 7) is 6.65. The standard InChI is InChI=1S/C16H14BrIO/c1-16(2,3)11-6-4-5-9-10-7-8-12(17)13(18)15(10)19-14(9)11/h4-8H,1-3H3. The maximum Gasteiger partial charge on any atom is 0.149 e. The van der Waals surface area contributed by atoms with Crippen molar-refractivity contribution >= 4 is 60.5 Å². The zero-order valence-electron chi connectivity index (χ0n) is 11.1. The minimum atomic E-state index is 0.0794. The minimum Gasteiger partial charge on any atom is -0.455 e. The zero-order chi connectivity index (χ0) is 13.8. The Labute approximate surface area is 134 Å². The quantitative estimate of drug-likeness (QED) is 0.385. The molecule has 3 rings (SSSR count). The van der Waals surface area contributed by atoms with Crippen molar-refractivity contribution < 1.29 is 4.42 Å². The summed E-state index contributed by atoms with van der Waals surface area (Å²) < 4.78 is 8.40. The molecule has 0 radical (unpaired) electrons. The number of para-hydroxylation sites is 1. The van der Waals surface area contributed by atoms with Crippen molar-refractivity contribution in [2.75, 3.05) is 0 Å². The number of rotatable bonds is 0. The Balaban J connectivity index is 2.50. The van der Waals surface area contributed by atoms with Gasteiger partial charge in [-0.2, -0.15) is 0 Å². The highest BCUT2D eigenvalue weighted by Gasteiger charge is 2.21. The van der Waals surface area contributed by atoms with Crippen molar-refractivity contribution in [2.24, 2.45) is 0 Å². The first-order chi connectivity index (χ1) is 8.89. The van der Waals surface area contributed by atoms with Gasteiger partial charge in [-0.3, -0.25) is 0 Å². The van der Waals surface area contributed by atoms with E-state index in [0.29, 0.717) is 0 Å². The van der Waals surface area contributed by atoms with Crippen molar-refractivity contribution in [1.29, 1.82) is 0 Å². The van der Waals surface area contributed by atoms with Gasteiger partial charge in [0.15, 0.2) is 0 Å². The Bertz CT molecular complexity index is 781. The molecule has 0 unspecified atom stereocenters. The van der Waals surface area contributed by atoms with Gasteiger partial charge in [0.25, 0.3) is 0 Å². The van der Waals surface area contributed by atoms with Gasteiger partial charge >= 0.3 is 0 Å². The highest BCUT2D eigenvalue weighted by Crippen LogP contribution is 2.39. The maximum absolute atomic E-state index is 6.18. The van der Waals surface area contributed by atoms with E-state index in [1.54, 1.807) is 0 Å². The smallest absolute Gasteiger partial charge is 0.149 e. The van der Waals surface area contributed by atoms with Crippen LogP contribution in [-0.2, 0) is 5.41 Å². The van der Waals surface area contributed by atoms with E-state index in [1.807, 2.05) is 0 Å². The van der Waals surface area contributed by atoms with Gasteiger partial charge in [-0.05, 0) is 56.1 Å². The Kier molecular flexibility index (Phi) is 3.17. The van der Waals surface area contributed by atoms with E-state index in [4.69, 9.17) is 4.42 Å². The fraction of sp³-hybridized carbons (Fsp3) is 0.250. The average molecular weight is 429 g/mol. The van der Waals surface area contributed by atoms with Crippen LogP contribution in [0.5, 0.6) is 0 Å². The fourth-order valence-corrected chi connectivity index (χ4v) is 3.29. The van der Waals surface area contributed by atoms with Gasteiger partial charge in [0.05, 0.1) is 3.57 Å². The molecule has 0 saturated carbocycles. The van der Waals surface area contributed by atoms with Crippen LogP contribution in [0.3, 0.4) is 0 Å². The van der Waals surface area contributed by atoms with Crippen LogP contribution in [0.4, 0.5) is 0 Å². The molecule has 0 N–H and O–H groups in total. The van der Waals surface area contributed by atoms with Crippen LogP contribution in [-0.4, -0.2) is 0 Å². The SMILES string of the molecule is CC(C)(C)c1cccc2c1oc1c(I)c(Br)ccc12. The van der Waals surface area contributed by atoms with Crippen LogP contribution in [0.1, 0.15) is 26.3 Å². The topological polar surface area (TPSA) is 13.1 Å². The molecule has 2 aromatic carbocycles. The third-order valence-corrected chi connectivity index (χ3v) is 5.84. The number of fused-ring (bicyclic) bond motifs is 3. The molecule has 3 aromatic rings. The normalized spacial score (nSPS) is 12.5. The Morgan fingerprint density at radius 3 is 2.37 bits per heavy atom. The van der Waals surface area contributed by atoms with Crippen molar-refractivity contribution in [3.05, 3.63) is 43.9 Å². The van der Waals surface area contributed by atoms with Gasteiger partial charge in [0.2, 0.25) is 0 Å². The molecule has 0 atom stereocenters. The summed E-state index contributed by atoms with van der Waals surface area (Å²) in [6, 6.07) is 10.6. The number of halogens is 2. The van der Waals surface area contributed by atoms with E-state index in [0.717, 1.165) is 19.2 Å². The lowest BCUT2D eigenvalue weighted by atomic mass is 9.86. The van der Waals surface area contributed by atoms with Crippen LogP contribution in [0.25, 0.3) is 21.9 Å². The third-order valence-electron chi connectivity index (χ3n) is 3.37. The Morgan fingerprint density at radius 2 is 1.68 bits per heavy atom. The molecule has 1 aromatic heterocycles. The van der Waals surface area contributed by atoms with Crippen LogP contribution >= 0.6 is 38.5 Å². The molecular weight excluding hydrogens is 415 g/mol. The highest BCUT2D eigenvalue weighted by atomic mass is 127. The predicted molar refractivity (Wildman–Crippen MR) is 92.8 cm³/mol. The fourth-order valence-electron chi connectivity index (χ4n) is 2.40. The van der Waals surface area contributed by atoms with Gasteiger partial charge < -0.3 is 4.42 Å². The van der Waals surface area contributed by atoms with Crippen molar-refractivity contribution in [3.63, 3.8) is 0 Å². The summed E-state index contributed by atoms with van der Waals surface area (Å²) in [6.07, 6.45) is 0. The van der Waals surface area contributed by atoms with Crippen molar-refractivity contribution in [1.82, 2.24) is 0 Å². The number of hydrogen-bond donors (Lipinski definition) is 0. The van der Waals surface area contributed by atoms with Crippen LogP contribution < -0.4 is 0 Å². The molecule has 1 heterocycles. The Morgan fingerprint density at radius 1 is 1.00 bits per heavy atom. The van der Waals surface area contributed by atoms with Gasteiger partial charge in [-0.1, -0.05) is 39.0 Å². The lowest BCUT2D eigenvalue weighted by Crippen LogP contribution is -2.10. The summed E-state index contributed by atoms with van der Waals surface area (Å²) in [5.74, 6) is 0. The maximum atomic E-state index is 6.18. The second-order valence-electron chi connectivity index (χ2n) is 5.77. The first-order valence-corrected chi connectivity index (χ1v) is 8.06. The van der Waals surface area contributed by atoms with E-state index < -0.39 is 0 Å². The van der Waals surface area contributed by atoms with E-state index in [-0.39, 0.29) is 5.41 Å². The highest BCUT2D eigenvalue weighted by molar-refractivity contribution is 14.1. The van der Waals surface area contributed by atoms with Gasteiger partial charge in [-0.25, -0.2) is 0 Å². The summed E-state index contributed by atoms with van der Waals surface area (Å²) in [4.78, 5) is 0. The molecule has 0 saturated heterocycles. The number of furan rings is 1. The second-order valence-corrected chi connectivity index (χ2v) is 7.71. The third kappa shape index (κ3) is 2.11. The summed E-state index contributed by atoms with van der Waals surface area (Å²) in [5, 5.41) is 2.39. The lowest BCUT2D eigenvalue weighted by Gasteiger charge is -2.18. The number of hydrogen-bond acceptors (Lipinski definition) is 1. The molecule has 0 spiro atoms. The van der Waals surface area contributed by atoms with Gasteiger partial charge in [0, 0.05) is 20.8 Å². The molecule has 0 aliphatic rings. The van der Waals surface area contributed by atoms with Crippen molar-refractivity contribution in [3.8, 4) is 0 Å². The molecule has 19 heavy (non-hydrogen) atoms. The molecule has 0 aliphatic carbocycles. The molecule has 0 bridgehead atoms. The molecule has 3 heteroatoms. The van der Waals surface area contributed by atoms with Crippen LogP contribution in [0.2, 0.25) is 0 Å².